The number of benzene rings is 1. The zero-order chi connectivity index (χ0) is 16.8. The van der Waals surface area contributed by atoms with Crippen molar-refractivity contribution in [1.82, 2.24) is 9.80 Å². The number of nitro benzene ring substituents is 1. The fourth-order valence-electron chi connectivity index (χ4n) is 2.93. The van der Waals surface area contributed by atoms with Crippen LogP contribution in [0, 0.1) is 16.0 Å². The first kappa shape index (κ1) is 17.4. The number of hydrogen-bond acceptors (Lipinski definition) is 4. The Morgan fingerprint density at radius 2 is 1.87 bits per heavy atom. The van der Waals surface area contributed by atoms with Crippen molar-refractivity contribution < 1.29 is 9.72 Å². The van der Waals surface area contributed by atoms with Gasteiger partial charge >= 0.3 is 0 Å². The van der Waals surface area contributed by atoms with E-state index in [4.69, 9.17) is 0 Å². The van der Waals surface area contributed by atoms with Gasteiger partial charge in [-0.2, -0.15) is 0 Å². The van der Waals surface area contributed by atoms with Gasteiger partial charge in [0.15, 0.2) is 0 Å². The molecule has 1 aromatic rings. The monoisotopic (exact) mass is 319 g/mol. The molecule has 0 saturated carbocycles. The highest BCUT2D eigenvalue weighted by molar-refractivity contribution is 5.78. The van der Waals surface area contributed by atoms with Crippen LogP contribution in [0.3, 0.4) is 0 Å². The van der Waals surface area contributed by atoms with Gasteiger partial charge in [-0.25, -0.2) is 0 Å². The molecule has 0 atom stereocenters. The molecule has 0 unspecified atom stereocenters. The van der Waals surface area contributed by atoms with Crippen LogP contribution in [0.2, 0.25) is 0 Å². The number of piperidine rings is 1. The Hall–Kier alpha value is -1.95. The molecule has 0 radical (unpaired) electrons. The number of rotatable bonds is 6. The summed E-state index contributed by atoms with van der Waals surface area (Å²) in [5.41, 5.74) is 0.887. The van der Waals surface area contributed by atoms with Crippen molar-refractivity contribution in [3.63, 3.8) is 0 Å². The van der Waals surface area contributed by atoms with Crippen molar-refractivity contribution in [2.45, 2.75) is 25.7 Å². The van der Waals surface area contributed by atoms with E-state index in [1.165, 1.54) is 18.6 Å². The smallest absolute Gasteiger partial charge is 0.269 e. The Morgan fingerprint density at radius 3 is 2.39 bits per heavy atom. The van der Waals surface area contributed by atoms with Crippen molar-refractivity contribution in [3.8, 4) is 0 Å². The van der Waals surface area contributed by atoms with Crippen molar-refractivity contribution >= 4 is 11.6 Å². The van der Waals surface area contributed by atoms with Gasteiger partial charge in [0.2, 0.25) is 5.91 Å². The van der Waals surface area contributed by atoms with Crippen LogP contribution in [0.5, 0.6) is 0 Å². The third kappa shape index (κ3) is 5.32. The largest absolute Gasteiger partial charge is 0.342 e. The highest BCUT2D eigenvalue weighted by Gasteiger charge is 2.22. The Kier molecular flexibility index (Phi) is 6.10. The first-order chi connectivity index (χ1) is 11.0. The van der Waals surface area contributed by atoms with Crippen LogP contribution >= 0.6 is 0 Å². The number of carbonyl (C=O) groups is 1. The molecule has 1 heterocycles. The van der Waals surface area contributed by atoms with E-state index in [0.717, 1.165) is 38.0 Å². The quantitative estimate of drug-likeness (QED) is 0.596. The van der Waals surface area contributed by atoms with E-state index in [1.807, 2.05) is 4.90 Å². The summed E-state index contributed by atoms with van der Waals surface area (Å²) in [6, 6.07) is 6.24. The summed E-state index contributed by atoms with van der Waals surface area (Å²) in [7, 11) is 4.17. The second-order valence-corrected chi connectivity index (χ2v) is 6.52. The molecule has 1 aromatic carbocycles. The summed E-state index contributed by atoms with van der Waals surface area (Å²) in [6.45, 7) is 2.75. The lowest BCUT2D eigenvalue weighted by molar-refractivity contribution is -0.384. The lowest BCUT2D eigenvalue weighted by Gasteiger charge is -2.32. The topological polar surface area (TPSA) is 66.7 Å². The van der Waals surface area contributed by atoms with Crippen molar-refractivity contribution in [2.75, 3.05) is 33.7 Å². The molecular formula is C17H25N3O3. The van der Waals surface area contributed by atoms with Gasteiger partial charge < -0.3 is 9.80 Å². The zero-order valence-corrected chi connectivity index (χ0v) is 13.9. The van der Waals surface area contributed by atoms with Crippen LogP contribution in [0.1, 0.15) is 24.8 Å². The molecule has 1 aliphatic heterocycles. The number of amides is 1. The molecule has 126 valence electrons. The van der Waals surface area contributed by atoms with Gasteiger partial charge in [0, 0.05) is 25.2 Å². The highest BCUT2D eigenvalue weighted by Crippen LogP contribution is 2.21. The molecule has 2 rings (SSSR count). The first-order valence-corrected chi connectivity index (χ1v) is 8.11. The van der Waals surface area contributed by atoms with Gasteiger partial charge in [0.1, 0.15) is 0 Å². The van der Waals surface area contributed by atoms with Crippen LogP contribution < -0.4 is 0 Å². The van der Waals surface area contributed by atoms with Gasteiger partial charge in [-0.15, -0.1) is 0 Å². The summed E-state index contributed by atoms with van der Waals surface area (Å²) in [6.07, 6.45) is 3.65. The Bertz CT molecular complexity index is 535. The molecule has 0 spiro atoms. The predicted molar refractivity (Wildman–Crippen MR) is 89.3 cm³/mol. The summed E-state index contributed by atoms with van der Waals surface area (Å²) in [5, 5.41) is 10.6. The molecule has 1 saturated heterocycles. The molecule has 6 heteroatoms. The SMILES string of the molecule is CN(C)CCC1CCN(C(=O)Cc2ccc([N+](=O)[O-])cc2)CC1. The summed E-state index contributed by atoms with van der Waals surface area (Å²) < 4.78 is 0. The maximum Gasteiger partial charge on any atom is 0.269 e. The van der Waals surface area contributed by atoms with E-state index < -0.39 is 4.92 Å². The molecule has 1 amide bonds. The lowest BCUT2D eigenvalue weighted by Crippen LogP contribution is -2.39. The summed E-state index contributed by atoms with van der Waals surface area (Å²) in [4.78, 5) is 26.7. The number of hydrogen-bond donors (Lipinski definition) is 0. The lowest BCUT2D eigenvalue weighted by atomic mass is 9.93. The average molecular weight is 319 g/mol. The first-order valence-electron chi connectivity index (χ1n) is 8.11. The van der Waals surface area contributed by atoms with E-state index in [9.17, 15) is 14.9 Å². The number of likely N-dealkylation sites (tertiary alicyclic amines) is 1. The molecule has 0 N–H and O–H groups in total. The molecule has 1 aliphatic rings. The Morgan fingerprint density at radius 1 is 1.26 bits per heavy atom. The molecule has 0 aromatic heterocycles. The van der Waals surface area contributed by atoms with Gasteiger partial charge in [-0.05, 0) is 51.4 Å². The van der Waals surface area contributed by atoms with E-state index in [1.54, 1.807) is 12.1 Å². The fraction of sp³-hybridized carbons (Fsp3) is 0.588. The maximum absolute atomic E-state index is 12.3. The van der Waals surface area contributed by atoms with Crippen LogP contribution in [-0.4, -0.2) is 54.4 Å². The predicted octanol–water partition coefficient (Wildman–Crippen LogP) is 2.33. The molecular weight excluding hydrogens is 294 g/mol. The zero-order valence-electron chi connectivity index (χ0n) is 13.9. The van der Waals surface area contributed by atoms with E-state index >= 15 is 0 Å². The third-order valence-electron chi connectivity index (χ3n) is 4.45. The number of non-ortho nitro benzene ring substituents is 1. The molecule has 0 bridgehead atoms. The molecule has 6 nitrogen and oxygen atoms in total. The van der Waals surface area contributed by atoms with Crippen molar-refractivity contribution in [2.24, 2.45) is 5.92 Å². The van der Waals surface area contributed by atoms with Crippen LogP contribution in [0.4, 0.5) is 5.69 Å². The number of carbonyl (C=O) groups excluding carboxylic acids is 1. The van der Waals surface area contributed by atoms with E-state index in [-0.39, 0.29) is 11.6 Å². The Labute approximate surface area is 137 Å². The fourth-order valence-corrected chi connectivity index (χ4v) is 2.93. The van der Waals surface area contributed by atoms with Crippen LogP contribution in [0.25, 0.3) is 0 Å². The van der Waals surface area contributed by atoms with Crippen LogP contribution in [0.15, 0.2) is 24.3 Å². The summed E-state index contributed by atoms with van der Waals surface area (Å²) in [5.74, 6) is 0.825. The number of nitrogens with zero attached hydrogens (tertiary/aromatic N) is 3. The molecule has 1 fully saturated rings. The third-order valence-corrected chi connectivity index (χ3v) is 4.45. The second kappa shape index (κ2) is 8.06. The van der Waals surface area contributed by atoms with E-state index in [2.05, 4.69) is 19.0 Å². The standard InChI is InChI=1S/C17H25N3O3/c1-18(2)10-7-14-8-11-19(12-9-14)17(21)13-15-3-5-16(6-4-15)20(22)23/h3-6,14H,7-13H2,1-2H3. The minimum atomic E-state index is -0.426. The summed E-state index contributed by atoms with van der Waals surface area (Å²) >= 11 is 0. The van der Waals surface area contributed by atoms with E-state index in [0.29, 0.717) is 12.3 Å². The highest BCUT2D eigenvalue weighted by atomic mass is 16.6. The van der Waals surface area contributed by atoms with Gasteiger partial charge in [0.25, 0.3) is 5.69 Å². The van der Waals surface area contributed by atoms with Gasteiger partial charge in [-0.3, -0.25) is 14.9 Å². The molecule has 0 aliphatic carbocycles. The van der Waals surface area contributed by atoms with Crippen LogP contribution in [-0.2, 0) is 11.2 Å². The van der Waals surface area contributed by atoms with Gasteiger partial charge in [0.05, 0.1) is 11.3 Å². The van der Waals surface area contributed by atoms with Crippen molar-refractivity contribution in [3.05, 3.63) is 39.9 Å². The Balaban J connectivity index is 1.79. The van der Waals surface area contributed by atoms with Crippen molar-refractivity contribution in [1.29, 1.82) is 0 Å². The van der Waals surface area contributed by atoms with Gasteiger partial charge in [-0.1, -0.05) is 12.1 Å². The normalized spacial score (nSPS) is 15.9. The maximum atomic E-state index is 12.3. The molecule has 23 heavy (non-hydrogen) atoms. The average Bonchev–Trinajstić information content (AvgIpc) is 2.54. The minimum Gasteiger partial charge on any atom is -0.342 e. The number of nitro groups is 1. The second-order valence-electron chi connectivity index (χ2n) is 6.52. The minimum absolute atomic E-state index is 0.0582.